The number of benzene rings is 1. The van der Waals surface area contributed by atoms with Crippen LogP contribution in [0.5, 0.6) is 0 Å². The smallest absolute Gasteiger partial charge is 0.175 e. The van der Waals surface area contributed by atoms with E-state index in [-0.39, 0.29) is 0 Å². The Kier molecular flexibility index (Phi) is 3.00. The largest absolute Gasteiger partial charge is 0.380 e. The van der Waals surface area contributed by atoms with Gasteiger partial charge in [-0.25, -0.2) is 0 Å². The van der Waals surface area contributed by atoms with Crippen LogP contribution in [0.1, 0.15) is 37.4 Å². The molecule has 0 bridgehead atoms. The van der Waals surface area contributed by atoms with Crippen molar-refractivity contribution in [3.63, 3.8) is 0 Å². The Morgan fingerprint density at radius 2 is 1.94 bits per heavy atom. The van der Waals surface area contributed by atoms with Crippen molar-refractivity contribution in [3.8, 4) is 11.1 Å². The number of nitrogens with two attached hydrogens (primary N) is 1. The highest BCUT2D eigenvalue weighted by atomic mass is 35.5. The van der Waals surface area contributed by atoms with Crippen LogP contribution in [0, 0.1) is 0 Å². The minimum Gasteiger partial charge on any atom is -0.380 e. The fourth-order valence-electron chi connectivity index (χ4n) is 2.72. The van der Waals surface area contributed by atoms with Crippen LogP contribution in [0.4, 0.5) is 5.82 Å². The van der Waals surface area contributed by atoms with Gasteiger partial charge in [-0.2, -0.15) is 0 Å². The summed E-state index contributed by atoms with van der Waals surface area (Å²) in [6.07, 6.45) is 4.78. The van der Waals surface area contributed by atoms with Crippen molar-refractivity contribution < 1.29 is 4.52 Å². The van der Waals surface area contributed by atoms with Gasteiger partial charge in [0.2, 0.25) is 0 Å². The van der Waals surface area contributed by atoms with Crippen LogP contribution in [0.15, 0.2) is 28.8 Å². The van der Waals surface area contributed by atoms with Crippen LogP contribution in [0.3, 0.4) is 0 Å². The molecule has 1 aromatic carbocycles. The van der Waals surface area contributed by atoms with E-state index in [1.54, 1.807) is 0 Å². The third kappa shape index (κ3) is 1.89. The second-order valence-electron chi connectivity index (χ2n) is 4.77. The van der Waals surface area contributed by atoms with Crippen molar-refractivity contribution in [2.75, 3.05) is 5.73 Å². The van der Waals surface area contributed by atoms with Crippen LogP contribution >= 0.6 is 11.6 Å². The quantitative estimate of drug-likeness (QED) is 0.881. The molecule has 0 unspecified atom stereocenters. The van der Waals surface area contributed by atoms with Gasteiger partial charge in [-0.3, -0.25) is 0 Å². The molecule has 1 saturated carbocycles. The summed E-state index contributed by atoms with van der Waals surface area (Å²) in [5.74, 6) is 1.77. The second-order valence-corrected chi connectivity index (χ2v) is 5.18. The number of hydrogen-bond donors (Lipinski definition) is 1. The fraction of sp³-hybridized carbons (Fsp3) is 0.357. The summed E-state index contributed by atoms with van der Waals surface area (Å²) < 4.78 is 5.46. The third-order valence-electron chi connectivity index (χ3n) is 3.61. The van der Waals surface area contributed by atoms with Crippen molar-refractivity contribution in [3.05, 3.63) is 35.0 Å². The Morgan fingerprint density at radius 1 is 1.22 bits per heavy atom. The highest BCUT2D eigenvalue weighted by Gasteiger charge is 2.27. The van der Waals surface area contributed by atoms with E-state index in [2.05, 4.69) is 5.16 Å². The number of aromatic nitrogens is 1. The molecular formula is C14H15ClN2O. The Morgan fingerprint density at radius 3 is 2.67 bits per heavy atom. The molecular weight excluding hydrogens is 248 g/mol. The molecule has 1 heterocycles. The van der Waals surface area contributed by atoms with Gasteiger partial charge in [-0.1, -0.05) is 47.8 Å². The summed E-state index contributed by atoms with van der Waals surface area (Å²) in [5, 5.41) is 4.61. The van der Waals surface area contributed by atoms with Gasteiger partial charge in [0.15, 0.2) is 5.82 Å². The second kappa shape index (κ2) is 4.65. The van der Waals surface area contributed by atoms with Crippen LogP contribution < -0.4 is 5.73 Å². The lowest BCUT2D eigenvalue weighted by Gasteiger charge is -2.09. The van der Waals surface area contributed by atoms with E-state index in [0.29, 0.717) is 16.8 Å². The Labute approximate surface area is 111 Å². The van der Waals surface area contributed by atoms with Gasteiger partial charge < -0.3 is 10.3 Å². The normalized spacial score (nSPS) is 16.3. The number of nitrogen functional groups attached to an aromatic ring is 1. The molecule has 3 nitrogen and oxygen atoms in total. The predicted octanol–water partition coefficient (Wildman–Crippen LogP) is 4.23. The van der Waals surface area contributed by atoms with Gasteiger partial charge in [0, 0.05) is 16.5 Å². The van der Waals surface area contributed by atoms with E-state index in [0.717, 1.165) is 29.7 Å². The van der Waals surface area contributed by atoms with Crippen molar-refractivity contribution in [1.29, 1.82) is 0 Å². The monoisotopic (exact) mass is 262 g/mol. The summed E-state index contributed by atoms with van der Waals surface area (Å²) in [4.78, 5) is 0. The topological polar surface area (TPSA) is 52.0 Å². The number of anilines is 1. The summed E-state index contributed by atoms with van der Waals surface area (Å²) in [7, 11) is 0. The van der Waals surface area contributed by atoms with Gasteiger partial charge in [-0.05, 0) is 18.9 Å². The highest BCUT2D eigenvalue weighted by molar-refractivity contribution is 6.33. The van der Waals surface area contributed by atoms with Crippen molar-refractivity contribution in [1.82, 2.24) is 5.16 Å². The van der Waals surface area contributed by atoms with E-state index < -0.39 is 0 Å². The maximum atomic E-state index is 6.24. The van der Waals surface area contributed by atoms with Crippen molar-refractivity contribution in [2.45, 2.75) is 31.6 Å². The third-order valence-corrected chi connectivity index (χ3v) is 3.94. The van der Waals surface area contributed by atoms with E-state index in [1.807, 2.05) is 24.3 Å². The number of halogens is 1. The first-order valence-corrected chi connectivity index (χ1v) is 6.65. The summed E-state index contributed by atoms with van der Waals surface area (Å²) >= 11 is 6.24. The first-order valence-electron chi connectivity index (χ1n) is 6.27. The molecule has 18 heavy (non-hydrogen) atoms. The molecule has 94 valence electrons. The average Bonchev–Trinajstić information content (AvgIpc) is 2.99. The van der Waals surface area contributed by atoms with Crippen LogP contribution in [0.2, 0.25) is 5.02 Å². The average molecular weight is 263 g/mol. The van der Waals surface area contributed by atoms with E-state index >= 15 is 0 Å². The first kappa shape index (κ1) is 11.6. The lowest BCUT2D eigenvalue weighted by atomic mass is 9.96. The van der Waals surface area contributed by atoms with Gasteiger partial charge >= 0.3 is 0 Å². The SMILES string of the molecule is Nc1noc(C2CCCC2)c1-c1ccccc1Cl. The molecule has 1 aliphatic rings. The minimum atomic E-state index is 0.432. The number of rotatable bonds is 2. The van der Waals surface area contributed by atoms with Crippen LogP contribution in [0.25, 0.3) is 11.1 Å². The van der Waals surface area contributed by atoms with Gasteiger partial charge in [-0.15, -0.1) is 0 Å². The molecule has 0 aliphatic heterocycles. The first-order chi connectivity index (χ1) is 8.77. The molecule has 0 saturated heterocycles. The van der Waals surface area contributed by atoms with Crippen LogP contribution in [-0.4, -0.2) is 5.16 Å². The molecule has 0 radical (unpaired) electrons. The Bertz CT molecular complexity index is 559. The van der Waals surface area contributed by atoms with Crippen molar-refractivity contribution >= 4 is 17.4 Å². The fourth-order valence-corrected chi connectivity index (χ4v) is 2.95. The van der Waals surface area contributed by atoms with Gasteiger partial charge in [0.05, 0.1) is 5.56 Å². The molecule has 4 heteroatoms. The molecule has 2 aromatic rings. The summed E-state index contributed by atoms with van der Waals surface area (Å²) in [6, 6.07) is 7.68. The molecule has 1 fully saturated rings. The summed E-state index contributed by atoms with van der Waals surface area (Å²) in [6.45, 7) is 0. The van der Waals surface area contributed by atoms with Crippen molar-refractivity contribution in [2.24, 2.45) is 0 Å². The van der Waals surface area contributed by atoms with Gasteiger partial charge in [0.25, 0.3) is 0 Å². The maximum Gasteiger partial charge on any atom is 0.175 e. The molecule has 0 amide bonds. The molecule has 0 atom stereocenters. The Balaban J connectivity index is 2.11. The zero-order chi connectivity index (χ0) is 12.5. The lowest BCUT2D eigenvalue weighted by Crippen LogP contribution is -1.95. The number of hydrogen-bond acceptors (Lipinski definition) is 3. The molecule has 3 rings (SSSR count). The van der Waals surface area contributed by atoms with E-state index in [1.165, 1.54) is 12.8 Å². The zero-order valence-corrected chi connectivity index (χ0v) is 10.8. The molecule has 0 spiro atoms. The van der Waals surface area contributed by atoms with Crippen LogP contribution in [-0.2, 0) is 0 Å². The maximum absolute atomic E-state index is 6.24. The minimum absolute atomic E-state index is 0.432. The molecule has 1 aliphatic carbocycles. The standard InChI is InChI=1S/C14H15ClN2O/c15-11-8-4-3-7-10(11)12-13(18-17-14(12)16)9-5-1-2-6-9/h3-4,7-9H,1-2,5-6H2,(H2,16,17). The number of nitrogens with zero attached hydrogens (tertiary/aromatic N) is 1. The Hall–Kier alpha value is -1.48. The summed E-state index contributed by atoms with van der Waals surface area (Å²) in [5.41, 5.74) is 7.74. The van der Waals surface area contributed by atoms with E-state index in [9.17, 15) is 0 Å². The zero-order valence-electron chi connectivity index (χ0n) is 10.0. The molecule has 2 N–H and O–H groups in total. The highest BCUT2D eigenvalue weighted by Crippen LogP contribution is 2.43. The van der Waals surface area contributed by atoms with Gasteiger partial charge in [0.1, 0.15) is 5.76 Å². The van der Waals surface area contributed by atoms with E-state index in [4.69, 9.17) is 21.9 Å². The molecule has 1 aromatic heterocycles. The predicted molar refractivity (Wildman–Crippen MR) is 72.6 cm³/mol. The lowest BCUT2D eigenvalue weighted by molar-refractivity contribution is 0.363.